The topological polar surface area (TPSA) is 92.4 Å². The van der Waals surface area contributed by atoms with Gasteiger partial charge in [-0.05, 0) is 61.7 Å². The highest BCUT2D eigenvalue weighted by Gasteiger charge is 2.57. The van der Waals surface area contributed by atoms with Crippen LogP contribution < -0.4 is 11.2 Å². The highest BCUT2D eigenvalue weighted by atomic mass is 16.5. The van der Waals surface area contributed by atoms with Crippen molar-refractivity contribution in [2.45, 2.75) is 38.5 Å². The minimum Gasteiger partial charge on any atom is -0.369 e. The van der Waals surface area contributed by atoms with Crippen molar-refractivity contribution in [2.75, 3.05) is 0 Å². The Morgan fingerprint density at radius 3 is 1.89 bits per heavy atom. The molecule has 4 fully saturated rings. The van der Waals surface area contributed by atoms with E-state index < -0.39 is 17.7 Å². The van der Waals surface area contributed by atoms with Gasteiger partial charge >= 0.3 is 0 Å². The minimum absolute atomic E-state index is 0.284. The molecule has 100 valence electrons. The first-order valence-electron chi connectivity index (χ1n) is 6.77. The molecule has 4 aliphatic carbocycles. The molecular formula is C13H20N2O3. The second-order valence-electron chi connectivity index (χ2n) is 6.59. The number of nitrogens with one attached hydrogen (secondary N) is 1. The summed E-state index contributed by atoms with van der Waals surface area (Å²) in [5, 5.41) is 8.85. The summed E-state index contributed by atoms with van der Waals surface area (Å²) in [4.78, 5) is 23.5. The van der Waals surface area contributed by atoms with E-state index in [1.54, 1.807) is 5.48 Å². The Morgan fingerprint density at radius 1 is 1.11 bits per heavy atom. The predicted molar refractivity (Wildman–Crippen MR) is 63.2 cm³/mol. The van der Waals surface area contributed by atoms with Crippen LogP contribution in [0.1, 0.15) is 38.5 Å². The highest BCUT2D eigenvalue weighted by Crippen LogP contribution is 2.62. The van der Waals surface area contributed by atoms with Crippen molar-refractivity contribution in [3.8, 4) is 0 Å². The van der Waals surface area contributed by atoms with E-state index in [4.69, 9.17) is 10.9 Å². The molecule has 4 rings (SSSR count). The van der Waals surface area contributed by atoms with Gasteiger partial charge in [0.1, 0.15) is 5.92 Å². The van der Waals surface area contributed by atoms with Crippen molar-refractivity contribution in [1.82, 2.24) is 5.48 Å². The standard InChI is InChI=1S/C13H20N2O3/c14-11(16)10(12(17)15-18)13-4-7-1-8(5-13)3-9(2-7)6-13/h7-10,18H,1-6H2,(H2,14,16)(H,15,17). The molecule has 0 saturated heterocycles. The number of primary amides is 1. The fraction of sp³-hybridized carbons (Fsp3) is 0.846. The van der Waals surface area contributed by atoms with Crippen LogP contribution in [0.2, 0.25) is 0 Å². The molecular weight excluding hydrogens is 232 g/mol. The number of hydrogen-bond donors (Lipinski definition) is 3. The largest absolute Gasteiger partial charge is 0.369 e. The number of amides is 2. The quantitative estimate of drug-likeness (QED) is 0.394. The normalized spacial score (nSPS) is 42.6. The lowest BCUT2D eigenvalue weighted by Crippen LogP contribution is -2.56. The molecule has 1 atom stereocenters. The first kappa shape index (κ1) is 12.0. The monoisotopic (exact) mass is 252 g/mol. The summed E-state index contributed by atoms with van der Waals surface area (Å²) >= 11 is 0. The van der Waals surface area contributed by atoms with Gasteiger partial charge in [0.25, 0.3) is 5.91 Å². The summed E-state index contributed by atoms with van der Waals surface area (Å²) < 4.78 is 0. The van der Waals surface area contributed by atoms with Gasteiger partial charge in [0.15, 0.2) is 0 Å². The van der Waals surface area contributed by atoms with Crippen molar-refractivity contribution < 1.29 is 14.8 Å². The minimum atomic E-state index is -0.865. The molecule has 4 N–H and O–H groups in total. The first-order chi connectivity index (χ1) is 8.54. The number of carbonyl (C=O) groups excluding carboxylic acids is 2. The molecule has 0 aliphatic heterocycles. The fourth-order valence-corrected chi connectivity index (χ4v) is 5.30. The summed E-state index contributed by atoms with van der Waals surface area (Å²) in [5.41, 5.74) is 6.77. The molecule has 0 heterocycles. The number of carbonyl (C=O) groups is 2. The van der Waals surface area contributed by atoms with Gasteiger partial charge in [-0.3, -0.25) is 14.8 Å². The first-order valence-corrected chi connectivity index (χ1v) is 6.77. The van der Waals surface area contributed by atoms with Crippen molar-refractivity contribution in [1.29, 1.82) is 0 Å². The van der Waals surface area contributed by atoms with Crippen LogP contribution in [-0.4, -0.2) is 17.0 Å². The third-order valence-corrected chi connectivity index (χ3v) is 5.35. The molecule has 5 heteroatoms. The molecule has 2 amide bonds. The maximum absolute atomic E-state index is 11.8. The SMILES string of the molecule is NC(=O)C(C(=O)NO)C12CC3CC(CC(C3)C1)C2. The van der Waals surface area contributed by atoms with Crippen LogP contribution in [0.25, 0.3) is 0 Å². The van der Waals surface area contributed by atoms with E-state index in [2.05, 4.69) is 0 Å². The average Bonchev–Trinajstić information content (AvgIpc) is 2.25. The number of rotatable bonds is 3. The lowest BCUT2D eigenvalue weighted by molar-refractivity contribution is -0.156. The average molecular weight is 252 g/mol. The predicted octanol–water partition coefficient (Wildman–Crippen LogP) is 0.810. The Bertz CT molecular complexity index is 358. The second-order valence-corrected chi connectivity index (χ2v) is 6.59. The third-order valence-electron chi connectivity index (χ3n) is 5.35. The van der Waals surface area contributed by atoms with E-state index >= 15 is 0 Å². The lowest BCUT2D eigenvalue weighted by atomic mass is 9.46. The molecule has 0 radical (unpaired) electrons. The van der Waals surface area contributed by atoms with Crippen LogP contribution in [0.4, 0.5) is 0 Å². The van der Waals surface area contributed by atoms with Gasteiger partial charge in [-0.2, -0.15) is 0 Å². The summed E-state index contributed by atoms with van der Waals surface area (Å²) in [7, 11) is 0. The van der Waals surface area contributed by atoms with Crippen LogP contribution in [0.15, 0.2) is 0 Å². The molecule has 4 bridgehead atoms. The number of nitrogens with two attached hydrogens (primary N) is 1. The van der Waals surface area contributed by atoms with Crippen LogP contribution in [-0.2, 0) is 9.59 Å². The third kappa shape index (κ3) is 1.64. The van der Waals surface area contributed by atoms with E-state index in [-0.39, 0.29) is 5.41 Å². The fourth-order valence-electron chi connectivity index (χ4n) is 5.30. The zero-order valence-corrected chi connectivity index (χ0v) is 10.4. The van der Waals surface area contributed by atoms with E-state index in [1.807, 2.05) is 0 Å². The maximum Gasteiger partial charge on any atom is 0.256 e. The molecule has 0 aromatic carbocycles. The van der Waals surface area contributed by atoms with Crippen molar-refractivity contribution >= 4 is 11.8 Å². The van der Waals surface area contributed by atoms with Crippen molar-refractivity contribution in [3.05, 3.63) is 0 Å². The molecule has 4 aliphatic rings. The van der Waals surface area contributed by atoms with Crippen LogP contribution in [0, 0.1) is 29.1 Å². The summed E-state index contributed by atoms with van der Waals surface area (Å²) in [6.45, 7) is 0. The smallest absolute Gasteiger partial charge is 0.256 e. The number of hydrogen-bond acceptors (Lipinski definition) is 3. The van der Waals surface area contributed by atoms with Gasteiger partial charge in [-0.1, -0.05) is 0 Å². The Balaban J connectivity index is 1.93. The summed E-state index contributed by atoms with van der Waals surface area (Å²) in [6.07, 6.45) is 6.47. The van der Waals surface area contributed by atoms with E-state index in [0.29, 0.717) is 17.8 Å². The Morgan fingerprint density at radius 2 is 1.56 bits per heavy atom. The van der Waals surface area contributed by atoms with Gasteiger partial charge in [0.2, 0.25) is 5.91 Å². The van der Waals surface area contributed by atoms with E-state index in [0.717, 1.165) is 19.3 Å². The van der Waals surface area contributed by atoms with Crippen molar-refractivity contribution in [3.63, 3.8) is 0 Å². The number of hydroxylamine groups is 1. The Hall–Kier alpha value is -1.10. The molecule has 4 saturated carbocycles. The molecule has 0 aromatic heterocycles. The van der Waals surface area contributed by atoms with Gasteiger partial charge in [-0.15, -0.1) is 0 Å². The van der Waals surface area contributed by atoms with E-state index in [9.17, 15) is 9.59 Å². The van der Waals surface area contributed by atoms with Gasteiger partial charge in [0, 0.05) is 0 Å². The summed E-state index contributed by atoms with van der Waals surface area (Å²) in [6, 6.07) is 0. The van der Waals surface area contributed by atoms with Crippen molar-refractivity contribution in [2.24, 2.45) is 34.8 Å². The zero-order valence-electron chi connectivity index (χ0n) is 10.4. The Kier molecular flexibility index (Phi) is 2.62. The van der Waals surface area contributed by atoms with E-state index in [1.165, 1.54) is 19.3 Å². The highest BCUT2D eigenvalue weighted by molar-refractivity contribution is 6.00. The van der Waals surface area contributed by atoms with Crippen LogP contribution >= 0.6 is 0 Å². The van der Waals surface area contributed by atoms with Crippen LogP contribution in [0.5, 0.6) is 0 Å². The molecule has 5 nitrogen and oxygen atoms in total. The summed E-state index contributed by atoms with van der Waals surface area (Å²) in [5.74, 6) is -0.150. The van der Waals surface area contributed by atoms with Crippen LogP contribution in [0.3, 0.4) is 0 Å². The Labute approximate surface area is 106 Å². The van der Waals surface area contributed by atoms with Gasteiger partial charge < -0.3 is 5.73 Å². The zero-order chi connectivity index (χ0) is 12.9. The maximum atomic E-state index is 11.8. The molecule has 18 heavy (non-hydrogen) atoms. The lowest BCUT2D eigenvalue weighted by Gasteiger charge is -2.58. The van der Waals surface area contributed by atoms with Gasteiger partial charge in [-0.25, -0.2) is 5.48 Å². The van der Waals surface area contributed by atoms with Gasteiger partial charge in [0.05, 0.1) is 0 Å². The molecule has 1 unspecified atom stereocenters. The second kappa shape index (κ2) is 3.95. The molecule has 0 spiro atoms. The molecule has 0 aromatic rings.